The lowest BCUT2D eigenvalue weighted by atomic mass is 9.99. The summed E-state index contributed by atoms with van der Waals surface area (Å²) < 4.78 is 38.8. The number of aromatic nitrogens is 2. The third kappa shape index (κ3) is 3.95. The van der Waals surface area contributed by atoms with Gasteiger partial charge in [0.15, 0.2) is 11.6 Å². The van der Waals surface area contributed by atoms with Crippen LogP contribution in [0.5, 0.6) is 0 Å². The van der Waals surface area contributed by atoms with Gasteiger partial charge in [-0.05, 0) is 37.0 Å². The van der Waals surface area contributed by atoms with E-state index in [1.54, 1.807) is 0 Å². The van der Waals surface area contributed by atoms with Crippen LogP contribution >= 0.6 is 11.6 Å². The molecular formula is C17H19ClF3N5. The zero-order valence-corrected chi connectivity index (χ0v) is 14.9. The summed E-state index contributed by atoms with van der Waals surface area (Å²) in [5.74, 6) is 1.46. The second-order valence-corrected chi connectivity index (χ2v) is 6.85. The first-order valence-corrected chi connectivity index (χ1v) is 8.62. The monoisotopic (exact) mass is 385 g/mol. The summed E-state index contributed by atoms with van der Waals surface area (Å²) in [6, 6.07) is 3.06. The van der Waals surface area contributed by atoms with Gasteiger partial charge in [0.1, 0.15) is 12.0 Å². The van der Waals surface area contributed by atoms with Crippen LogP contribution in [0.3, 0.4) is 0 Å². The summed E-state index contributed by atoms with van der Waals surface area (Å²) in [5, 5.41) is 2.95. The molecule has 0 amide bonds. The Morgan fingerprint density at radius 2 is 1.92 bits per heavy atom. The van der Waals surface area contributed by atoms with Crippen molar-refractivity contribution < 1.29 is 13.2 Å². The van der Waals surface area contributed by atoms with Crippen molar-refractivity contribution in [3.63, 3.8) is 0 Å². The summed E-state index contributed by atoms with van der Waals surface area (Å²) >= 11 is 6.03. The van der Waals surface area contributed by atoms with Crippen molar-refractivity contribution in [1.82, 2.24) is 9.97 Å². The van der Waals surface area contributed by atoms with Gasteiger partial charge in [-0.1, -0.05) is 18.5 Å². The molecule has 0 radical (unpaired) electrons. The zero-order chi connectivity index (χ0) is 18.9. The van der Waals surface area contributed by atoms with Crippen LogP contribution in [0.4, 0.5) is 36.2 Å². The van der Waals surface area contributed by atoms with Crippen LogP contribution in [0.2, 0.25) is 5.02 Å². The average molecular weight is 386 g/mol. The number of nitrogens with one attached hydrogen (secondary N) is 1. The Bertz CT molecular complexity index is 788. The molecule has 140 valence electrons. The number of piperidine rings is 1. The maximum Gasteiger partial charge on any atom is 0.416 e. The van der Waals surface area contributed by atoms with Gasteiger partial charge < -0.3 is 16.0 Å². The number of anilines is 4. The van der Waals surface area contributed by atoms with Crippen molar-refractivity contribution >= 4 is 34.6 Å². The minimum Gasteiger partial charge on any atom is -0.393 e. The Labute approximate surface area is 154 Å². The van der Waals surface area contributed by atoms with Gasteiger partial charge >= 0.3 is 6.18 Å². The fraction of sp³-hybridized carbons (Fsp3) is 0.412. The fourth-order valence-electron chi connectivity index (χ4n) is 2.88. The van der Waals surface area contributed by atoms with Crippen LogP contribution in [-0.4, -0.2) is 23.1 Å². The van der Waals surface area contributed by atoms with E-state index in [4.69, 9.17) is 17.3 Å². The predicted molar refractivity (Wildman–Crippen MR) is 96.8 cm³/mol. The number of nitrogen functional groups attached to an aromatic ring is 1. The van der Waals surface area contributed by atoms with E-state index in [-0.39, 0.29) is 22.2 Å². The molecular weight excluding hydrogens is 367 g/mol. The van der Waals surface area contributed by atoms with Gasteiger partial charge in [-0.25, -0.2) is 9.97 Å². The molecule has 1 fully saturated rings. The highest BCUT2D eigenvalue weighted by molar-refractivity contribution is 6.33. The SMILES string of the molecule is CC1CCN(c2ncnc(Nc3cc(C(F)(F)F)ccc3Cl)c2N)CC1. The Balaban J connectivity index is 1.88. The van der Waals surface area contributed by atoms with E-state index < -0.39 is 11.7 Å². The molecule has 0 aliphatic carbocycles. The molecule has 1 aliphatic heterocycles. The van der Waals surface area contributed by atoms with Gasteiger partial charge in [0, 0.05) is 13.1 Å². The molecule has 9 heteroatoms. The Hall–Kier alpha value is -2.22. The lowest BCUT2D eigenvalue weighted by molar-refractivity contribution is -0.137. The summed E-state index contributed by atoms with van der Waals surface area (Å²) in [4.78, 5) is 10.4. The topological polar surface area (TPSA) is 67.1 Å². The van der Waals surface area contributed by atoms with E-state index in [2.05, 4.69) is 27.1 Å². The van der Waals surface area contributed by atoms with Crippen LogP contribution < -0.4 is 16.0 Å². The van der Waals surface area contributed by atoms with Crippen LogP contribution in [0.1, 0.15) is 25.3 Å². The van der Waals surface area contributed by atoms with Crippen molar-refractivity contribution in [3.8, 4) is 0 Å². The molecule has 5 nitrogen and oxygen atoms in total. The molecule has 26 heavy (non-hydrogen) atoms. The van der Waals surface area contributed by atoms with Crippen LogP contribution in [0.15, 0.2) is 24.5 Å². The lowest BCUT2D eigenvalue weighted by Crippen LogP contribution is -2.34. The summed E-state index contributed by atoms with van der Waals surface area (Å²) in [7, 11) is 0. The first-order valence-electron chi connectivity index (χ1n) is 8.25. The van der Waals surface area contributed by atoms with E-state index in [0.29, 0.717) is 11.7 Å². The second kappa shape index (κ2) is 7.19. The maximum absolute atomic E-state index is 12.9. The highest BCUT2D eigenvalue weighted by Gasteiger charge is 2.31. The minimum atomic E-state index is -4.46. The lowest BCUT2D eigenvalue weighted by Gasteiger charge is -2.32. The van der Waals surface area contributed by atoms with Gasteiger partial charge in [-0.2, -0.15) is 13.2 Å². The number of halogens is 4. The molecule has 3 rings (SSSR count). The standard InChI is InChI=1S/C17H19ClF3N5/c1-10-4-6-26(7-5-10)16-14(22)15(23-9-24-16)25-13-8-11(17(19,20)21)2-3-12(13)18/h2-3,8-10H,4-7,22H2,1H3,(H,23,24,25). The molecule has 1 aromatic heterocycles. The summed E-state index contributed by atoms with van der Waals surface area (Å²) in [6.45, 7) is 3.85. The molecule has 0 spiro atoms. The van der Waals surface area contributed by atoms with E-state index in [1.165, 1.54) is 12.4 Å². The number of nitrogens with two attached hydrogens (primary N) is 1. The van der Waals surface area contributed by atoms with E-state index >= 15 is 0 Å². The first-order chi connectivity index (χ1) is 12.3. The van der Waals surface area contributed by atoms with Crippen molar-refractivity contribution in [1.29, 1.82) is 0 Å². The second-order valence-electron chi connectivity index (χ2n) is 6.45. The van der Waals surface area contributed by atoms with Crippen molar-refractivity contribution in [2.24, 2.45) is 5.92 Å². The van der Waals surface area contributed by atoms with Crippen molar-refractivity contribution in [3.05, 3.63) is 35.1 Å². The Kier molecular flexibility index (Phi) is 5.13. The molecule has 1 saturated heterocycles. The number of alkyl halides is 3. The predicted octanol–water partition coefficient (Wildman–Crippen LogP) is 4.71. The smallest absolute Gasteiger partial charge is 0.393 e. The van der Waals surface area contributed by atoms with Crippen LogP contribution in [0.25, 0.3) is 0 Å². The average Bonchev–Trinajstić information content (AvgIpc) is 2.58. The highest BCUT2D eigenvalue weighted by atomic mass is 35.5. The summed E-state index contributed by atoms with van der Waals surface area (Å²) in [5.41, 5.74) is 5.75. The third-order valence-electron chi connectivity index (χ3n) is 4.49. The molecule has 0 saturated carbocycles. The normalized spacial score (nSPS) is 16.0. The van der Waals surface area contributed by atoms with Gasteiger partial charge in [-0.15, -0.1) is 0 Å². The molecule has 1 aromatic carbocycles. The maximum atomic E-state index is 12.9. The molecule has 2 aromatic rings. The Morgan fingerprint density at radius 1 is 1.23 bits per heavy atom. The zero-order valence-electron chi connectivity index (χ0n) is 14.1. The minimum absolute atomic E-state index is 0.0881. The molecule has 2 heterocycles. The van der Waals surface area contributed by atoms with Gasteiger partial charge in [0.25, 0.3) is 0 Å². The molecule has 0 bridgehead atoms. The molecule has 0 atom stereocenters. The van der Waals surface area contributed by atoms with E-state index in [1.807, 2.05) is 0 Å². The highest BCUT2D eigenvalue weighted by Crippen LogP contribution is 2.36. The number of rotatable bonds is 3. The number of hydrogen-bond acceptors (Lipinski definition) is 5. The number of benzene rings is 1. The van der Waals surface area contributed by atoms with Crippen molar-refractivity contribution in [2.75, 3.05) is 29.0 Å². The largest absolute Gasteiger partial charge is 0.416 e. The van der Waals surface area contributed by atoms with Gasteiger partial charge in [0.2, 0.25) is 0 Å². The quantitative estimate of drug-likeness (QED) is 0.800. The summed E-state index contributed by atoms with van der Waals surface area (Å²) in [6.07, 6.45) is -1.06. The molecule has 0 unspecified atom stereocenters. The Morgan fingerprint density at radius 3 is 2.58 bits per heavy atom. The number of nitrogens with zero attached hydrogens (tertiary/aromatic N) is 3. The first kappa shape index (κ1) is 18.6. The number of hydrogen-bond donors (Lipinski definition) is 2. The van der Waals surface area contributed by atoms with Gasteiger partial charge in [-0.3, -0.25) is 0 Å². The molecule has 1 aliphatic rings. The van der Waals surface area contributed by atoms with Crippen molar-refractivity contribution in [2.45, 2.75) is 25.9 Å². The van der Waals surface area contributed by atoms with E-state index in [0.717, 1.165) is 38.1 Å². The third-order valence-corrected chi connectivity index (χ3v) is 4.82. The van der Waals surface area contributed by atoms with Crippen LogP contribution in [0, 0.1) is 5.92 Å². The molecule has 3 N–H and O–H groups in total. The van der Waals surface area contributed by atoms with Gasteiger partial charge in [0.05, 0.1) is 16.3 Å². The fourth-order valence-corrected chi connectivity index (χ4v) is 3.05. The van der Waals surface area contributed by atoms with Crippen LogP contribution in [-0.2, 0) is 6.18 Å². The van der Waals surface area contributed by atoms with E-state index in [9.17, 15) is 13.2 Å².